The number of halogens is 1. The van der Waals surface area contributed by atoms with Crippen LogP contribution in [0.25, 0.3) is 0 Å². The van der Waals surface area contributed by atoms with Crippen LogP contribution in [0.1, 0.15) is 22.0 Å². The van der Waals surface area contributed by atoms with Crippen LogP contribution >= 0.6 is 0 Å². The van der Waals surface area contributed by atoms with E-state index in [4.69, 9.17) is 0 Å². The summed E-state index contributed by atoms with van der Waals surface area (Å²) in [5.74, 6) is -0.957. The Labute approximate surface area is 174 Å². The number of hydrogen-bond acceptors (Lipinski definition) is 4. The van der Waals surface area contributed by atoms with Crippen LogP contribution in [0, 0.1) is 5.82 Å². The fourth-order valence-electron chi connectivity index (χ4n) is 2.84. The van der Waals surface area contributed by atoms with Gasteiger partial charge in [0.1, 0.15) is 5.82 Å². The van der Waals surface area contributed by atoms with Gasteiger partial charge in [-0.15, -0.1) is 0 Å². The van der Waals surface area contributed by atoms with E-state index in [1.807, 2.05) is 0 Å². The van der Waals surface area contributed by atoms with Crippen molar-refractivity contribution >= 4 is 21.6 Å². The van der Waals surface area contributed by atoms with Crippen molar-refractivity contribution in [1.82, 2.24) is 5.32 Å². The predicted octanol–water partition coefficient (Wildman–Crippen LogP) is 3.11. The Morgan fingerprint density at radius 2 is 1.70 bits per heavy atom. The Morgan fingerprint density at radius 3 is 2.33 bits per heavy atom. The number of carbonyl (C=O) groups excluding carboxylic acids is 1. The van der Waals surface area contributed by atoms with Crippen LogP contribution in [0.5, 0.6) is 0 Å². The molecule has 1 amide bonds. The summed E-state index contributed by atoms with van der Waals surface area (Å²) >= 11 is 0. The number of para-hydroxylation sites is 1. The smallest absolute Gasteiger partial charge is 0.264 e. The van der Waals surface area contributed by atoms with Crippen LogP contribution < -0.4 is 9.62 Å². The van der Waals surface area contributed by atoms with Crippen molar-refractivity contribution in [3.05, 3.63) is 95.8 Å². The molecule has 6 nitrogen and oxygen atoms in total. The van der Waals surface area contributed by atoms with E-state index in [9.17, 15) is 22.7 Å². The van der Waals surface area contributed by atoms with Crippen molar-refractivity contribution in [2.45, 2.75) is 11.0 Å². The number of amides is 1. The van der Waals surface area contributed by atoms with Gasteiger partial charge in [0.2, 0.25) is 0 Å². The third kappa shape index (κ3) is 4.84. The Kier molecular flexibility index (Phi) is 6.49. The summed E-state index contributed by atoms with van der Waals surface area (Å²) in [5.41, 5.74) is 1.11. The molecule has 0 aromatic heterocycles. The summed E-state index contributed by atoms with van der Waals surface area (Å²) in [7, 11) is -2.32. The number of hydrogen-bond donors (Lipinski definition) is 2. The minimum atomic E-state index is -3.77. The zero-order valence-corrected chi connectivity index (χ0v) is 17.0. The molecule has 0 aliphatic carbocycles. The van der Waals surface area contributed by atoms with Gasteiger partial charge < -0.3 is 10.4 Å². The van der Waals surface area contributed by atoms with Gasteiger partial charge in [-0.2, -0.15) is 0 Å². The Bertz CT molecular complexity index is 1120. The first-order valence-corrected chi connectivity index (χ1v) is 10.6. The summed E-state index contributed by atoms with van der Waals surface area (Å²) in [5, 5.41) is 12.6. The highest BCUT2D eigenvalue weighted by molar-refractivity contribution is 7.92. The molecule has 3 rings (SSSR count). The van der Waals surface area contributed by atoms with Gasteiger partial charge in [-0.05, 0) is 54.1 Å². The van der Waals surface area contributed by atoms with Crippen LogP contribution in [0.4, 0.5) is 10.1 Å². The molecule has 0 aliphatic rings. The number of benzene rings is 3. The molecular weight excluding hydrogens is 407 g/mol. The Hall–Kier alpha value is -3.23. The largest absolute Gasteiger partial charge is 0.387 e. The molecule has 0 saturated carbocycles. The lowest BCUT2D eigenvalue weighted by molar-refractivity contribution is 0.0916. The zero-order chi connectivity index (χ0) is 21.7. The molecular formula is C22H21FN2O4S. The second-order valence-corrected chi connectivity index (χ2v) is 8.58. The van der Waals surface area contributed by atoms with Crippen molar-refractivity contribution in [2.75, 3.05) is 17.9 Å². The number of nitrogens with one attached hydrogen (secondary N) is 1. The van der Waals surface area contributed by atoms with E-state index < -0.39 is 27.9 Å². The van der Waals surface area contributed by atoms with Crippen LogP contribution in [0.3, 0.4) is 0 Å². The van der Waals surface area contributed by atoms with E-state index >= 15 is 0 Å². The number of sulfonamides is 1. The number of carbonyl (C=O) groups is 1. The number of aliphatic hydroxyl groups excluding tert-OH is 1. The molecule has 0 spiro atoms. The highest BCUT2D eigenvalue weighted by Crippen LogP contribution is 2.22. The lowest BCUT2D eigenvalue weighted by Gasteiger charge is -2.19. The maximum absolute atomic E-state index is 13.2. The summed E-state index contributed by atoms with van der Waals surface area (Å²) in [4.78, 5) is 12.4. The van der Waals surface area contributed by atoms with E-state index in [1.54, 1.807) is 36.4 Å². The average Bonchev–Trinajstić information content (AvgIpc) is 2.77. The van der Waals surface area contributed by atoms with Crippen molar-refractivity contribution in [1.29, 1.82) is 0 Å². The summed E-state index contributed by atoms with van der Waals surface area (Å²) in [6.45, 7) is -0.112. The van der Waals surface area contributed by atoms with Crippen LogP contribution in [0.15, 0.2) is 83.8 Å². The van der Waals surface area contributed by atoms with Crippen molar-refractivity contribution < 1.29 is 22.7 Å². The van der Waals surface area contributed by atoms with Gasteiger partial charge in [0, 0.05) is 19.2 Å². The quantitative estimate of drug-likeness (QED) is 0.605. The topological polar surface area (TPSA) is 86.7 Å². The highest BCUT2D eigenvalue weighted by Gasteiger charge is 2.21. The molecule has 0 fully saturated rings. The normalized spacial score (nSPS) is 12.2. The predicted molar refractivity (Wildman–Crippen MR) is 112 cm³/mol. The van der Waals surface area contributed by atoms with E-state index in [0.29, 0.717) is 11.3 Å². The van der Waals surface area contributed by atoms with Crippen molar-refractivity contribution in [3.8, 4) is 0 Å². The molecule has 3 aromatic carbocycles. The summed E-state index contributed by atoms with van der Waals surface area (Å²) in [6.07, 6.45) is -1.07. The first-order chi connectivity index (χ1) is 14.3. The van der Waals surface area contributed by atoms with Crippen LogP contribution in [0.2, 0.25) is 0 Å². The lowest BCUT2D eigenvalue weighted by atomic mass is 10.1. The second kappa shape index (κ2) is 9.06. The van der Waals surface area contributed by atoms with E-state index in [1.165, 1.54) is 49.5 Å². The number of aliphatic hydroxyl groups is 1. The van der Waals surface area contributed by atoms with Crippen LogP contribution in [-0.4, -0.2) is 33.0 Å². The fourth-order valence-corrected chi connectivity index (χ4v) is 4.03. The molecule has 1 atom stereocenters. The number of rotatable bonds is 7. The average molecular weight is 428 g/mol. The van der Waals surface area contributed by atoms with E-state index in [-0.39, 0.29) is 17.0 Å². The third-order valence-electron chi connectivity index (χ3n) is 4.58. The highest BCUT2D eigenvalue weighted by atomic mass is 32.2. The molecule has 0 saturated heterocycles. The summed E-state index contributed by atoms with van der Waals surface area (Å²) in [6, 6.07) is 19.6. The molecule has 2 N–H and O–H groups in total. The molecule has 0 radical (unpaired) electrons. The van der Waals surface area contributed by atoms with Gasteiger partial charge in [-0.3, -0.25) is 9.10 Å². The third-order valence-corrected chi connectivity index (χ3v) is 6.38. The fraction of sp³-hybridized carbons (Fsp3) is 0.136. The number of anilines is 1. The molecule has 1 unspecified atom stereocenters. The van der Waals surface area contributed by atoms with Crippen molar-refractivity contribution in [2.24, 2.45) is 0 Å². The Morgan fingerprint density at radius 1 is 1.03 bits per heavy atom. The minimum Gasteiger partial charge on any atom is -0.387 e. The second-order valence-electron chi connectivity index (χ2n) is 6.61. The lowest BCUT2D eigenvalue weighted by Crippen LogP contribution is -2.29. The maximum Gasteiger partial charge on any atom is 0.264 e. The minimum absolute atomic E-state index is 0.0465. The molecule has 0 aliphatic heterocycles. The first-order valence-electron chi connectivity index (χ1n) is 9.15. The molecule has 0 bridgehead atoms. The summed E-state index contributed by atoms with van der Waals surface area (Å²) < 4.78 is 40.0. The zero-order valence-electron chi connectivity index (χ0n) is 16.2. The monoisotopic (exact) mass is 428 g/mol. The van der Waals surface area contributed by atoms with Crippen molar-refractivity contribution in [3.63, 3.8) is 0 Å². The first kappa shape index (κ1) is 21.5. The van der Waals surface area contributed by atoms with Gasteiger partial charge in [0.05, 0.1) is 16.7 Å². The molecule has 30 heavy (non-hydrogen) atoms. The van der Waals surface area contributed by atoms with Gasteiger partial charge in [-0.1, -0.05) is 30.3 Å². The number of nitrogens with zero attached hydrogens (tertiary/aromatic N) is 1. The standard InChI is InChI=1S/C22H21FN2O4S/c1-25(19-8-3-2-4-9-19)30(28,29)20-12-10-16(11-13-20)22(27)24-15-21(26)17-6-5-7-18(23)14-17/h2-14,21,26H,15H2,1H3,(H,24,27). The molecule has 0 heterocycles. The van der Waals surface area contributed by atoms with Gasteiger partial charge in [-0.25, -0.2) is 12.8 Å². The van der Waals surface area contributed by atoms with E-state index in [2.05, 4.69) is 5.32 Å². The SMILES string of the molecule is CN(c1ccccc1)S(=O)(=O)c1ccc(C(=O)NCC(O)c2cccc(F)c2)cc1. The molecule has 8 heteroatoms. The molecule has 156 valence electrons. The van der Waals surface area contributed by atoms with Gasteiger partial charge in [0.15, 0.2) is 0 Å². The van der Waals surface area contributed by atoms with Gasteiger partial charge in [0.25, 0.3) is 15.9 Å². The Balaban J connectivity index is 1.67. The van der Waals surface area contributed by atoms with Gasteiger partial charge >= 0.3 is 0 Å². The van der Waals surface area contributed by atoms with Crippen LogP contribution in [-0.2, 0) is 10.0 Å². The molecule has 3 aromatic rings. The van der Waals surface area contributed by atoms with E-state index in [0.717, 1.165) is 4.31 Å². The maximum atomic E-state index is 13.2.